The summed E-state index contributed by atoms with van der Waals surface area (Å²) in [5.74, 6) is -0.349. The van der Waals surface area contributed by atoms with E-state index in [1.807, 2.05) is 0 Å². The van der Waals surface area contributed by atoms with Crippen molar-refractivity contribution >= 4 is 34.6 Å². The third-order valence-corrected chi connectivity index (χ3v) is 1.92. The third kappa shape index (κ3) is 2.54. The molecule has 1 aromatic rings. The minimum atomic E-state index is -0.349. The Hall–Kier alpha value is -0.870. The van der Waals surface area contributed by atoms with Gasteiger partial charge in [-0.05, 0) is 36.8 Å². The van der Waals surface area contributed by atoms with Crippen molar-refractivity contribution < 1.29 is 4.39 Å². The SMILES string of the molecule is Cc1cc(NC(N)=S)c(Cl)cc1F. The fraction of sp³-hybridized carbons (Fsp3) is 0.125. The van der Waals surface area contributed by atoms with Gasteiger partial charge in [0.05, 0.1) is 10.7 Å². The number of nitrogens with one attached hydrogen (secondary N) is 1. The molecule has 1 rings (SSSR count). The van der Waals surface area contributed by atoms with Gasteiger partial charge >= 0.3 is 0 Å². The number of hydrogen-bond donors (Lipinski definition) is 2. The monoisotopic (exact) mass is 218 g/mol. The molecule has 5 heteroatoms. The fourth-order valence-electron chi connectivity index (χ4n) is 0.886. The molecule has 0 spiro atoms. The van der Waals surface area contributed by atoms with E-state index in [1.165, 1.54) is 6.07 Å². The number of nitrogens with two attached hydrogens (primary N) is 1. The highest BCUT2D eigenvalue weighted by atomic mass is 35.5. The van der Waals surface area contributed by atoms with E-state index in [4.69, 9.17) is 17.3 Å². The molecule has 2 nitrogen and oxygen atoms in total. The lowest BCUT2D eigenvalue weighted by molar-refractivity contribution is 0.619. The summed E-state index contributed by atoms with van der Waals surface area (Å²) in [5, 5.41) is 3.02. The average molecular weight is 219 g/mol. The number of halogens is 2. The molecule has 1 aromatic carbocycles. The number of benzene rings is 1. The van der Waals surface area contributed by atoms with Gasteiger partial charge in [-0.2, -0.15) is 0 Å². The molecule has 0 fully saturated rings. The van der Waals surface area contributed by atoms with E-state index >= 15 is 0 Å². The molecule has 0 saturated carbocycles. The number of aryl methyl sites for hydroxylation is 1. The fourth-order valence-corrected chi connectivity index (χ4v) is 1.19. The molecule has 0 aliphatic rings. The second kappa shape index (κ2) is 3.89. The number of rotatable bonds is 1. The predicted molar refractivity (Wildman–Crippen MR) is 56.6 cm³/mol. The molecular formula is C8H8ClFN2S. The molecule has 70 valence electrons. The Morgan fingerprint density at radius 1 is 1.62 bits per heavy atom. The van der Waals surface area contributed by atoms with Crippen LogP contribution in [0.25, 0.3) is 0 Å². The van der Waals surface area contributed by atoms with Crippen molar-refractivity contribution in [3.8, 4) is 0 Å². The Morgan fingerprint density at radius 3 is 2.77 bits per heavy atom. The predicted octanol–water partition coefficient (Wildman–Crippen LogP) is 2.44. The van der Waals surface area contributed by atoms with E-state index < -0.39 is 0 Å². The molecule has 0 atom stereocenters. The standard InChI is InChI=1S/C8H8ClFN2S/c1-4-2-7(12-8(11)13)5(9)3-6(4)10/h2-3H,1H3,(H3,11,12,13). The van der Waals surface area contributed by atoms with Gasteiger partial charge < -0.3 is 11.1 Å². The molecule has 0 aromatic heterocycles. The first-order valence-electron chi connectivity index (χ1n) is 3.53. The van der Waals surface area contributed by atoms with Crippen LogP contribution in [0.15, 0.2) is 12.1 Å². The summed E-state index contributed by atoms with van der Waals surface area (Å²) in [4.78, 5) is 0. The van der Waals surface area contributed by atoms with Crippen LogP contribution < -0.4 is 11.1 Å². The lowest BCUT2D eigenvalue weighted by Crippen LogP contribution is -2.19. The van der Waals surface area contributed by atoms with E-state index in [1.54, 1.807) is 13.0 Å². The minimum absolute atomic E-state index is 0.105. The van der Waals surface area contributed by atoms with Crippen molar-refractivity contribution in [2.75, 3.05) is 5.32 Å². The van der Waals surface area contributed by atoms with E-state index in [0.29, 0.717) is 11.3 Å². The number of thiocarbonyl (C=S) groups is 1. The molecule has 0 heterocycles. The highest BCUT2D eigenvalue weighted by molar-refractivity contribution is 7.80. The first-order chi connectivity index (χ1) is 6.00. The van der Waals surface area contributed by atoms with Gasteiger partial charge in [0.1, 0.15) is 5.82 Å². The van der Waals surface area contributed by atoms with Crippen LogP contribution in [0.5, 0.6) is 0 Å². The van der Waals surface area contributed by atoms with Crippen molar-refractivity contribution in [2.45, 2.75) is 6.92 Å². The minimum Gasteiger partial charge on any atom is -0.376 e. The molecule has 0 bridgehead atoms. The summed E-state index contributed by atoms with van der Waals surface area (Å²) in [6.45, 7) is 1.64. The third-order valence-electron chi connectivity index (χ3n) is 1.51. The molecule has 0 unspecified atom stereocenters. The topological polar surface area (TPSA) is 38.0 Å². The van der Waals surface area contributed by atoms with Gasteiger partial charge in [-0.25, -0.2) is 4.39 Å². The van der Waals surface area contributed by atoms with Crippen molar-refractivity contribution in [2.24, 2.45) is 5.73 Å². The van der Waals surface area contributed by atoms with Gasteiger partial charge in [0.25, 0.3) is 0 Å². The summed E-state index contributed by atoms with van der Waals surface area (Å²) < 4.78 is 12.9. The lowest BCUT2D eigenvalue weighted by Gasteiger charge is -2.07. The Balaban J connectivity index is 3.08. The Morgan fingerprint density at radius 2 is 2.23 bits per heavy atom. The summed E-state index contributed by atoms with van der Waals surface area (Å²) in [6.07, 6.45) is 0. The van der Waals surface area contributed by atoms with Crippen molar-refractivity contribution in [1.82, 2.24) is 0 Å². The van der Waals surface area contributed by atoms with E-state index in [0.717, 1.165) is 0 Å². The highest BCUT2D eigenvalue weighted by Gasteiger charge is 2.05. The molecule has 0 radical (unpaired) electrons. The molecule has 0 aliphatic carbocycles. The maximum atomic E-state index is 12.9. The Bertz CT molecular complexity index is 354. The normalized spacial score (nSPS) is 9.77. The van der Waals surface area contributed by atoms with E-state index in [9.17, 15) is 4.39 Å². The number of hydrogen-bond acceptors (Lipinski definition) is 1. The zero-order valence-corrected chi connectivity index (χ0v) is 8.47. The van der Waals surface area contributed by atoms with Crippen LogP contribution in [0.2, 0.25) is 5.02 Å². The Labute approximate surface area is 85.9 Å². The average Bonchev–Trinajstić information content (AvgIpc) is 1.99. The van der Waals surface area contributed by atoms with Gasteiger partial charge in [0.15, 0.2) is 5.11 Å². The number of anilines is 1. The molecular weight excluding hydrogens is 211 g/mol. The molecule has 13 heavy (non-hydrogen) atoms. The maximum Gasteiger partial charge on any atom is 0.168 e. The van der Waals surface area contributed by atoms with E-state index in [2.05, 4.69) is 17.5 Å². The maximum absolute atomic E-state index is 12.9. The summed E-state index contributed by atoms with van der Waals surface area (Å²) in [5.41, 5.74) is 6.26. The second-order valence-electron chi connectivity index (χ2n) is 2.57. The summed E-state index contributed by atoms with van der Waals surface area (Å²) in [7, 11) is 0. The van der Waals surface area contributed by atoms with Gasteiger partial charge in [-0.15, -0.1) is 0 Å². The lowest BCUT2D eigenvalue weighted by atomic mass is 10.2. The van der Waals surface area contributed by atoms with Crippen LogP contribution in [0.1, 0.15) is 5.56 Å². The van der Waals surface area contributed by atoms with Crippen molar-refractivity contribution in [3.05, 3.63) is 28.5 Å². The van der Waals surface area contributed by atoms with Gasteiger partial charge in [0.2, 0.25) is 0 Å². The molecule has 0 saturated heterocycles. The van der Waals surface area contributed by atoms with E-state index in [-0.39, 0.29) is 16.0 Å². The van der Waals surface area contributed by atoms with Crippen LogP contribution in [-0.4, -0.2) is 5.11 Å². The zero-order chi connectivity index (χ0) is 10.0. The molecule has 0 aliphatic heterocycles. The first-order valence-corrected chi connectivity index (χ1v) is 4.31. The summed E-state index contributed by atoms with van der Waals surface area (Å²) in [6, 6.07) is 2.77. The van der Waals surface area contributed by atoms with Crippen LogP contribution in [0.4, 0.5) is 10.1 Å². The highest BCUT2D eigenvalue weighted by Crippen LogP contribution is 2.24. The van der Waals surface area contributed by atoms with Gasteiger partial charge in [0, 0.05) is 0 Å². The van der Waals surface area contributed by atoms with Crippen molar-refractivity contribution in [1.29, 1.82) is 0 Å². The second-order valence-corrected chi connectivity index (χ2v) is 3.42. The largest absolute Gasteiger partial charge is 0.376 e. The van der Waals surface area contributed by atoms with Crippen LogP contribution in [-0.2, 0) is 0 Å². The van der Waals surface area contributed by atoms with Gasteiger partial charge in [-0.1, -0.05) is 11.6 Å². The van der Waals surface area contributed by atoms with Crippen LogP contribution >= 0.6 is 23.8 Å². The van der Waals surface area contributed by atoms with Crippen molar-refractivity contribution in [3.63, 3.8) is 0 Å². The molecule has 3 N–H and O–H groups in total. The quantitative estimate of drug-likeness (QED) is 0.712. The summed E-state index contributed by atoms with van der Waals surface area (Å²) >= 11 is 10.4. The zero-order valence-electron chi connectivity index (χ0n) is 6.90. The molecule has 0 amide bonds. The first kappa shape index (κ1) is 10.2. The Kier molecular flexibility index (Phi) is 3.06. The van der Waals surface area contributed by atoms with Crippen LogP contribution in [0, 0.1) is 12.7 Å². The van der Waals surface area contributed by atoms with Crippen LogP contribution in [0.3, 0.4) is 0 Å². The smallest absolute Gasteiger partial charge is 0.168 e. The van der Waals surface area contributed by atoms with Gasteiger partial charge in [-0.3, -0.25) is 0 Å².